The lowest BCUT2D eigenvalue weighted by molar-refractivity contribution is -0.137. The molecule has 0 spiro atoms. The smallest absolute Gasteiger partial charge is 0.325 e. The Labute approximate surface area is 161 Å². The molecule has 0 aliphatic heterocycles. The van der Waals surface area contributed by atoms with Gasteiger partial charge in [-0.1, -0.05) is 41.6 Å². The second-order valence-corrected chi connectivity index (χ2v) is 7.53. The van der Waals surface area contributed by atoms with E-state index < -0.39 is 17.0 Å². The van der Waals surface area contributed by atoms with Crippen LogP contribution in [0.1, 0.15) is 18.1 Å². The van der Waals surface area contributed by atoms with Gasteiger partial charge in [0.15, 0.2) is 10.8 Å². The number of hydrogen-bond donors (Lipinski definition) is 1. The van der Waals surface area contributed by atoms with E-state index in [4.69, 9.17) is 11.6 Å². The molecule has 3 rings (SSSR count). The summed E-state index contributed by atoms with van der Waals surface area (Å²) in [4.78, 5) is 12.4. The molecule has 1 N–H and O–H groups in total. The molecule has 1 unspecified atom stereocenters. The van der Waals surface area contributed by atoms with E-state index in [1.54, 1.807) is 19.1 Å². The number of para-hydroxylation sites is 1. The number of fused-ring (bicyclic) bond motifs is 1. The van der Waals surface area contributed by atoms with Gasteiger partial charge in [0.05, 0.1) is 15.8 Å². The van der Waals surface area contributed by atoms with Crippen molar-refractivity contribution in [2.75, 3.05) is 5.32 Å². The summed E-state index contributed by atoms with van der Waals surface area (Å²) in [5.74, 6) is -0.302. The van der Waals surface area contributed by atoms with Gasteiger partial charge in [-0.15, -0.1) is 10.2 Å². The van der Waals surface area contributed by atoms with E-state index in [0.29, 0.717) is 5.69 Å². The highest BCUT2D eigenvalue weighted by molar-refractivity contribution is 8.00. The van der Waals surface area contributed by atoms with E-state index in [9.17, 15) is 18.0 Å². The number of halogens is 4. The number of alkyl halides is 3. The van der Waals surface area contributed by atoms with Gasteiger partial charge in [-0.3, -0.25) is 9.20 Å². The van der Waals surface area contributed by atoms with Crippen LogP contribution in [0.25, 0.3) is 5.65 Å². The number of benzene rings is 1. The molecule has 3 aromatic rings. The van der Waals surface area contributed by atoms with E-state index in [0.717, 1.165) is 34.0 Å². The maximum atomic E-state index is 13.0. The van der Waals surface area contributed by atoms with Crippen molar-refractivity contribution >= 4 is 40.6 Å². The SMILES string of the molecule is Cc1ccccc1NC(=O)C(C)Sc1nnc2c(Cl)cc(C(F)(F)F)cn12. The van der Waals surface area contributed by atoms with E-state index in [-0.39, 0.29) is 21.7 Å². The standard InChI is InChI=1S/C17H14ClF3N4OS/c1-9-5-3-4-6-13(9)22-15(26)10(2)27-16-24-23-14-12(18)7-11(8-25(14)16)17(19,20)21/h3-8,10H,1-2H3,(H,22,26). The summed E-state index contributed by atoms with van der Waals surface area (Å²) < 4.78 is 40.2. The van der Waals surface area contributed by atoms with Crippen LogP contribution in [0, 0.1) is 6.92 Å². The number of nitrogens with zero attached hydrogens (tertiary/aromatic N) is 3. The van der Waals surface area contributed by atoms with Crippen molar-refractivity contribution in [1.82, 2.24) is 14.6 Å². The normalized spacial score (nSPS) is 13.0. The Morgan fingerprint density at radius 2 is 2.00 bits per heavy atom. The first kappa shape index (κ1) is 19.5. The third kappa shape index (κ3) is 4.19. The number of rotatable bonds is 4. The Bertz CT molecular complexity index is 1010. The molecule has 0 saturated carbocycles. The molecular formula is C17H14ClF3N4OS. The molecule has 1 amide bonds. The van der Waals surface area contributed by atoms with Crippen LogP contribution in [0.5, 0.6) is 0 Å². The van der Waals surface area contributed by atoms with Gasteiger partial charge >= 0.3 is 6.18 Å². The minimum absolute atomic E-state index is 0.0960. The Morgan fingerprint density at radius 3 is 2.67 bits per heavy atom. The average molecular weight is 415 g/mol. The minimum atomic E-state index is -4.56. The lowest BCUT2D eigenvalue weighted by Gasteiger charge is -2.13. The fourth-order valence-corrected chi connectivity index (χ4v) is 3.40. The highest BCUT2D eigenvalue weighted by Crippen LogP contribution is 2.34. The molecule has 0 aliphatic carbocycles. The number of nitrogens with one attached hydrogen (secondary N) is 1. The Kier molecular flexibility index (Phi) is 5.34. The quantitative estimate of drug-likeness (QED) is 0.621. The molecule has 2 heterocycles. The lowest BCUT2D eigenvalue weighted by atomic mass is 10.2. The number of thioether (sulfide) groups is 1. The lowest BCUT2D eigenvalue weighted by Crippen LogP contribution is -2.23. The molecule has 10 heteroatoms. The number of aryl methyl sites for hydroxylation is 1. The molecule has 1 atom stereocenters. The predicted molar refractivity (Wildman–Crippen MR) is 98.1 cm³/mol. The Morgan fingerprint density at radius 1 is 1.30 bits per heavy atom. The molecule has 5 nitrogen and oxygen atoms in total. The van der Waals surface area contributed by atoms with E-state index in [1.165, 1.54) is 0 Å². The zero-order valence-corrected chi connectivity index (χ0v) is 15.8. The molecule has 0 aliphatic rings. The first-order valence-corrected chi connectivity index (χ1v) is 9.07. The van der Waals surface area contributed by atoms with Gasteiger partial charge in [0.2, 0.25) is 5.91 Å². The summed E-state index contributed by atoms with van der Waals surface area (Å²) in [6.45, 7) is 3.49. The summed E-state index contributed by atoms with van der Waals surface area (Å²) in [5.41, 5.74) is 0.748. The molecule has 142 valence electrons. The average Bonchev–Trinajstić information content (AvgIpc) is 2.99. The predicted octanol–water partition coefficient (Wildman–Crippen LogP) is 4.83. The van der Waals surface area contributed by atoms with Crippen molar-refractivity contribution in [1.29, 1.82) is 0 Å². The summed E-state index contributed by atoms with van der Waals surface area (Å²) in [7, 11) is 0. The van der Waals surface area contributed by atoms with Crippen LogP contribution in [0.3, 0.4) is 0 Å². The number of carbonyl (C=O) groups excluding carboxylic acids is 1. The van der Waals surface area contributed by atoms with Crippen LogP contribution >= 0.6 is 23.4 Å². The highest BCUT2D eigenvalue weighted by Gasteiger charge is 2.32. The van der Waals surface area contributed by atoms with Gasteiger partial charge in [-0.05, 0) is 31.5 Å². The van der Waals surface area contributed by atoms with Crippen LogP contribution in [0.15, 0.2) is 41.7 Å². The zero-order valence-electron chi connectivity index (χ0n) is 14.2. The molecular weight excluding hydrogens is 401 g/mol. The molecule has 0 fully saturated rings. The second-order valence-electron chi connectivity index (χ2n) is 5.81. The van der Waals surface area contributed by atoms with Crippen molar-refractivity contribution in [2.45, 2.75) is 30.4 Å². The maximum absolute atomic E-state index is 13.0. The number of carbonyl (C=O) groups is 1. The van der Waals surface area contributed by atoms with Crippen LogP contribution in [-0.2, 0) is 11.0 Å². The van der Waals surface area contributed by atoms with Crippen molar-refractivity contribution in [3.05, 3.63) is 52.7 Å². The Hall–Kier alpha value is -2.26. The van der Waals surface area contributed by atoms with Crippen molar-refractivity contribution in [2.24, 2.45) is 0 Å². The van der Waals surface area contributed by atoms with Crippen LogP contribution in [0.2, 0.25) is 5.02 Å². The van der Waals surface area contributed by atoms with Crippen LogP contribution in [0.4, 0.5) is 18.9 Å². The number of amides is 1. The first-order valence-electron chi connectivity index (χ1n) is 7.81. The van der Waals surface area contributed by atoms with Crippen molar-refractivity contribution in [3.8, 4) is 0 Å². The van der Waals surface area contributed by atoms with Gasteiger partial charge in [-0.25, -0.2) is 0 Å². The van der Waals surface area contributed by atoms with Gasteiger partial charge in [0.1, 0.15) is 0 Å². The summed E-state index contributed by atoms with van der Waals surface area (Å²) in [5, 5.41) is 9.84. The fourth-order valence-electron chi connectivity index (χ4n) is 2.33. The van der Waals surface area contributed by atoms with E-state index >= 15 is 0 Å². The largest absolute Gasteiger partial charge is 0.417 e. The third-order valence-electron chi connectivity index (χ3n) is 3.81. The number of anilines is 1. The van der Waals surface area contributed by atoms with Crippen LogP contribution < -0.4 is 5.32 Å². The summed E-state index contributed by atoms with van der Waals surface area (Å²) in [6, 6.07) is 8.08. The summed E-state index contributed by atoms with van der Waals surface area (Å²) in [6.07, 6.45) is -3.69. The second kappa shape index (κ2) is 7.40. The van der Waals surface area contributed by atoms with Crippen molar-refractivity contribution in [3.63, 3.8) is 0 Å². The van der Waals surface area contributed by atoms with Crippen LogP contribution in [-0.4, -0.2) is 25.8 Å². The third-order valence-corrected chi connectivity index (χ3v) is 5.15. The Balaban J connectivity index is 1.84. The molecule has 0 radical (unpaired) electrons. The molecule has 1 aromatic carbocycles. The highest BCUT2D eigenvalue weighted by atomic mass is 35.5. The topological polar surface area (TPSA) is 59.3 Å². The molecule has 2 aromatic heterocycles. The van der Waals surface area contributed by atoms with E-state index in [1.807, 2.05) is 19.1 Å². The fraction of sp³-hybridized carbons (Fsp3) is 0.235. The molecule has 0 saturated heterocycles. The first-order chi connectivity index (χ1) is 12.7. The molecule has 0 bridgehead atoms. The number of hydrogen-bond acceptors (Lipinski definition) is 4. The monoisotopic (exact) mass is 414 g/mol. The zero-order chi connectivity index (χ0) is 19.8. The van der Waals surface area contributed by atoms with Gasteiger partial charge in [0.25, 0.3) is 0 Å². The minimum Gasteiger partial charge on any atom is -0.325 e. The van der Waals surface area contributed by atoms with Crippen molar-refractivity contribution < 1.29 is 18.0 Å². The summed E-state index contributed by atoms with van der Waals surface area (Å²) >= 11 is 6.89. The van der Waals surface area contributed by atoms with Gasteiger partial charge in [-0.2, -0.15) is 13.2 Å². The number of pyridine rings is 1. The number of aromatic nitrogens is 3. The maximum Gasteiger partial charge on any atom is 0.417 e. The van der Waals surface area contributed by atoms with Gasteiger partial charge < -0.3 is 5.32 Å². The van der Waals surface area contributed by atoms with Gasteiger partial charge in [0, 0.05) is 11.9 Å². The van der Waals surface area contributed by atoms with E-state index in [2.05, 4.69) is 15.5 Å². The molecule has 27 heavy (non-hydrogen) atoms.